The Morgan fingerprint density at radius 3 is 2.82 bits per heavy atom. The van der Waals surface area contributed by atoms with Crippen molar-refractivity contribution >= 4 is 39.3 Å². The van der Waals surface area contributed by atoms with E-state index in [0.717, 1.165) is 5.56 Å². The van der Waals surface area contributed by atoms with Gasteiger partial charge in [-0.25, -0.2) is 13.6 Å². The molecule has 1 atom stereocenters. The van der Waals surface area contributed by atoms with Crippen LogP contribution < -0.4 is 5.14 Å². The summed E-state index contributed by atoms with van der Waals surface area (Å²) < 4.78 is 22.2. The van der Waals surface area contributed by atoms with E-state index in [1.807, 2.05) is 24.3 Å². The van der Waals surface area contributed by atoms with Gasteiger partial charge in [-0.05, 0) is 24.0 Å². The normalized spacial score (nSPS) is 18.6. The SMILES string of the molecule is NS(=O)(=O)C[C@@H]1CCN(C(=O)CSCc2ccccc2Cl)C1. The zero-order valence-electron chi connectivity index (χ0n) is 12.1. The maximum atomic E-state index is 12.1. The fourth-order valence-electron chi connectivity index (χ4n) is 2.48. The lowest BCUT2D eigenvalue weighted by atomic mass is 10.2. The van der Waals surface area contributed by atoms with E-state index in [4.69, 9.17) is 16.7 Å². The molecular weight excluding hydrogens is 344 g/mol. The van der Waals surface area contributed by atoms with Crippen molar-refractivity contribution in [3.63, 3.8) is 0 Å². The molecule has 0 bridgehead atoms. The molecule has 2 N–H and O–H groups in total. The Morgan fingerprint density at radius 2 is 2.14 bits per heavy atom. The number of carbonyl (C=O) groups is 1. The Morgan fingerprint density at radius 1 is 1.41 bits per heavy atom. The molecule has 0 unspecified atom stereocenters. The molecule has 0 aliphatic carbocycles. The molecule has 0 radical (unpaired) electrons. The van der Waals surface area contributed by atoms with Crippen LogP contribution in [0.2, 0.25) is 5.02 Å². The van der Waals surface area contributed by atoms with E-state index in [9.17, 15) is 13.2 Å². The van der Waals surface area contributed by atoms with Crippen molar-refractivity contribution < 1.29 is 13.2 Å². The average molecular weight is 363 g/mol. The van der Waals surface area contributed by atoms with E-state index in [2.05, 4.69) is 0 Å². The lowest BCUT2D eigenvalue weighted by molar-refractivity contribution is -0.127. The van der Waals surface area contributed by atoms with Gasteiger partial charge in [-0.15, -0.1) is 11.8 Å². The third kappa shape index (κ3) is 5.46. The number of carbonyl (C=O) groups excluding carboxylic acids is 1. The van der Waals surface area contributed by atoms with Crippen LogP contribution in [-0.2, 0) is 20.6 Å². The van der Waals surface area contributed by atoms with Crippen molar-refractivity contribution in [3.8, 4) is 0 Å². The molecule has 1 aromatic rings. The molecule has 1 saturated heterocycles. The highest BCUT2D eigenvalue weighted by Crippen LogP contribution is 2.22. The van der Waals surface area contributed by atoms with Gasteiger partial charge in [-0.1, -0.05) is 29.8 Å². The molecule has 0 saturated carbocycles. The maximum Gasteiger partial charge on any atom is 0.232 e. The quantitative estimate of drug-likeness (QED) is 0.835. The molecule has 1 heterocycles. The second-order valence-corrected chi connectivity index (χ2v) is 8.46. The van der Waals surface area contributed by atoms with Crippen LogP contribution in [-0.4, -0.2) is 43.8 Å². The number of rotatable bonds is 6. The van der Waals surface area contributed by atoms with Gasteiger partial charge in [0.25, 0.3) is 0 Å². The molecule has 8 heteroatoms. The van der Waals surface area contributed by atoms with Crippen LogP contribution in [0.1, 0.15) is 12.0 Å². The molecule has 1 aliphatic rings. The molecular formula is C14H19ClN2O3S2. The Labute approximate surface area is 140 Å². The van der Waals surface area contributed by atoms with E-state index in [0.29, 0.717) is 36.0 Å². The number of sulfonamides is 1. The molecule has 1 aliphatic heterocycles. The summed E-state index contributed by atoms with van der Waals surface area (Å²) in [6.45, 7) is 1.08. The second-order valence-electron chi connectivity index (χ2n) is 5.41. The van der Waals surface area contributed by atoms with Gasteiger partial charge < -0.3 is 4.90 Å². The molecule has 1 amide bonds. The van der Waals surface area contributed by atoms with Crippen LogP contribution in [0, 0.1) is 5.92 Å². The molecule has 122 valence electrons. The number of hydrogen-bond donors (Lipinski definition) is 1. The second kappa shape index (κ2) is 7.68. The Balaban J connectivity index is 1.76. The molecule has 22 heavy (non-hydrogen) atoms. The predicted molar refractivity (Wildman–Crippen MR) is 90.3 cm³/mol. The monoisotopic (exact) mass is 362 g/mol. The third-order valence-electron chi connectivity index (χ3n) is 3.55. The predicted octanol–water partition coefficient (Wildman–Crippen LogP) is 1.71. The van der Waals surface area contributed by atoms with Crippen LogP contribution in [0.25, 0.3) is 0 Å². The van der Waals surface area contributed by atoms with Gasteiger partial charge in [0, 0.05) is 23.9 Å². The lowest BCUT2D eigenvalue weighted by Gasteiger charge is -2.16. The van der Waals surface area contributed by atoms with Gasteiger partial charge in [0.05, 0.1) is 11.5 Å². The van der Waals surface area contributed by atoms with Crippen molar-refractivity contribution in [1.29, 1.82) is 0 Å². The summed E-state index contributed by atoms with van der Waals surface area (Å²) in [6, 6.07) is 7.56. The molecule has 1 aromatic carbocycles. The van der Waals surface area contributed by atoms with Crippen LogP contribution >= 0.6 is 23.4 Å². The number of benzene rings is 1. The first kappa shape index (κ1) is 17.6. The smallest absolute Gasteiger partial charge is 0.232 e. The van der Waals surface area contributed by atoms with E-state index in [-0.39, 0.29) is 17.6 Å². The van der Waals surface area contributed by atoms with Crippen LogP contribution in [0.5, 0.6) is 0 Å². The topological polar surface area (TPSA) is 80.5 Å². The number of nitrogens with two attached hydrogens (primary N) is 1. The summed E-state index contributed by atoms with van der Waals surface area (Å²) in [6.07, 6.45) is 0.692. The van der Waals surface area contributed by atoms with Crippen molar-refractivity contribution in [2.24, 2.45) is 11.1 Å². The van der Waals surface area contributed by atoms with Gasteiger partial charge in [0.15, 0.2) is 0 Å². The zero-order valence-corrected chi connectivity index (χ0v) is 14.5. The first-order valence-electron chi connectivity index (χ1n) is 6.94. The van der Waals surface area contributed by atoms with E-state index in [1.165, 1.54) is 11.8 Å². The summed E-state index contributed by atoms with van der Waals surface area (Å²) in [4.78, 5) is 13.8. The molecule has 2 rings (SSSR count). The number of amides is 1. The molecule has 5 nitrogen and oxygen atoms in total. The summed E-state index contributed by atoms with van der Waals surface area (Å²) in [5.41, 5.74) is 1.01. The number of thioether (sulfide) groups is 1. The van der Waals surface area contributed by atoms with Gasteiger partial charge in [0.2, 0.25) is 15.9 Å². The largest absolute Gasteiger partial charge is 0.342 e. The number of halogens is 1. The Kier molecular flexibility index (Phi) is 6.14. The van der Waals surface area contributed by atoms with E-state index in [1.54, 1.807) is 4.90 Å². The fraction of sp³-hybridized carbons (Fsp3) is 0.500. The third-order valence-corrected chi connectivity index (χ3v) is 5.82. The van der Waals surface area contributed by atoms with Crippen molar-refractivity contribution in [3.05, 3.63) is 34.9 Å². The van der Waals surface area contributed by atoms with Crippen molar-refractivity contribution in [2.75, 3.05) is 24.6 Å². The minimum absolute atomic E-state index is 0.0361. The Hall–Kier alpha value is -0.760. The minimum Gasteiger partial charge on any atom is -0.342 e. The molecule has 0 spiro atoms. The molecule has 1 fully saturated rings. The van der Waals surface area contributed by atoms with Crippen LogP contribution in [0.15, 0.2) is 24.3 Å². The van der Waals surface area contributed by atoms with E-state index >= 15 is 0 Å². The van der Waals surface area contributed by atoms with Crippen LogP contribution in [0.4, 0.5) is 0 Å². The highest BCUT2D eigenvalue weighted by molar-refractivity contribution is 7.99. The van der Waals surface area contributed by atoms with Gasteiger partial charge in [-0.3, -0.25) is 4.79 Å². The summed E-state index contributed by atoms with van der Waals surface area (Å²) in [5, 5.41) is 5.75. The summed E-state index contributed by atoms with van der Waals surface area (Å²) >= 11 is 7.58. The first-order chi connectivity index (χ1) is 10.3. The lowest BCUT2D eigenvalue weighted by Crippen LogP contribution is -2.32. The fourth-order valence-corrected chi connectivity index (χ4v) is 4.62. The number of primary sulfonamides is 1. The highest BCUT2D eigenvalue weighted by Gasteiger charge is 2.28. The Bertz CT molecular complexity index is 637. The standard InChI is InChI=1S/C14H19ClN2O3S2/c15-13-4-2-1-3-12(13)8-21-9-14(18)17-6-5-11(7-17)10-22(16,19)20/h1-4,11H,5-10H2,(H2,16,19,20)/t11-/m1/s1. The van der Waals surface area contributed by atoms with E-state index < -0.39 is 10.0 Å². The van der Waals surface area contributed by atoms with Crippen molar-refractivity contribution in [2.45, 2.75) is 12.2 Å². The zero-order chi connectivity index (χ0) is 16.2. The van der Waals surface area contributed by atoms with Gasteiger partial charge >= 0.3 is 0 Å². The molecule has 0 aromatic heterocycles. The van der Waals surface area contributed by atoms with Crippen molar-refractivity contribution in [1.82, 2.24) is 4.90 Å². The maximum absolute atomic E-state index is 12.1. The number of nitrogens with zero attached hydrogens (tertiary/aromatic N) is 1. The number of hydrogen-bond acceptors (Lipinski definition) is 4. The minimum atomic E-state index is -3.47. The highest BCUT2D eigenvalue weighted by atomic mass is 35.5. The average Bonchev–Trinajstić information content (AvgIpc) is 2.87. The first-order valence-corrected chi connectivity index (χ1v) is 10.2. The summed E-state index contributed by atoms with van der Waals surface area (Å²) in [5.74, 6) is 0.984. The van der Waals surface area contributed by atoms with Gasteiger partial charge in [-0.2, -0.15) is 0 Å². The summed E-state index contributed by atoms with van der Waals surface area (Å²) in [7, 11) is -3.47. The van der Waals surface area contributed by atoms with Crippen LogP contribution in [0.3, 0.4) is 0 Å². The number of likely N-dealkylation sites (tertiary alicyclic amines) is 1. The van der Waals surface area contributed by atoms with Gasteiger partial charge in [0.1, 0.15) is 0 Å².